The first kappa shape index (κ1) is 20.7. The predicted octanol–water partition coefficient (Wildman–Crippen LogP) is 6.87. The van der Waals surface area contributed by atoms with E-state index in [1.54, 1.807) is 0 Å². The zero-order chi connectivity index (χ0) is 20.1. The molecule has 28 heavy (non-hydrogen) atoms. The molecular formula is C26H44O2. The van der Waals surface area contributed by atoms with Crippen LogP contribution in [-0.2, 0) is 9.53 Å². The van der Waals surface area contributed by atoms with Gasteiger partial charge < -0.3 is 4.74 Å². The highest BCUT2D eigenvalue weighted by molar-refractivity contribution is 5.70. The lowest BCUT2D eigenvalue weighted by Crippen LogP contribution is -2.56. The molecule has 4 aliphatic rings. The van der Waals surface area contributed by atoms with Crippen molar-refractivity contribution in [2.24, 2.45) is 52.3 Å². The van der Waals surface area contributed by atoms with Gasteiger partial charge in [0.2, 0.25) is 0 Å². The molecule has 4 fully saturated rings. The number of hydrogen-bond donors (Lipinski definition) is 0. The minimum atomic E-state index is 0.0534. The summed E-state index contributed by atoms with van der Waals surface area (Å²) in [4.78, 5) is 11.9. The van der Waals surface area contributed by atoms with E-state index < -0.39 is 0 Å². The average Bonchev–Trinajstić information content (AvgIpc) is 2.99. The second kappa shape index (κ2) is 7.62. The Kier molecular flexibility index (Phi) is 5.64. The summed E-state index contributed by atoms with van der Waals surface area (Å²) in [5.41, 5.74) is 0.812. The smallest absolute Gasteiger partial charge is 0.306 e. The number of carbonyl (C=O) groups excluding carboxylic acids is 1. The lowest BCUT2D eigenvalue weighted by Gasteiger charge is -2.60. The zero-order valence-corrected chi connectivity index (χ0v) is 19.1. The van der Waals surface area contributed by atoms with Crippen LogP contribution in [-0.4, -0.2) is 12.6 Å². The fourth-order valence-corrected chi connectivity index (χ4v) is 8.62. The molecule has 4 rings (SSSR count). The predicted molar refractivity (Wildman–Crippen MR) is 115 cm³/mol. The SMILES string of the molecule is CC(C)CCCC(C)[C@H]1CCC2C3CCC4CC(=O)OC[C@]4(C)C3CC[C@@]21C. The molecule has 2 heteroatoms. The first-order valence-corrected chi connectivity index (χ1v) is 12.4. The minimum Gasteiger partial charge on any atom is -0.465 e. The third-order valence-electron chi connectivity index (χ3n) is 10.2. The van der Waals surface area contributed by atoms with Crippen LogP contribution in [0.5, 0.6) is 0 Å². The van der Waals surface area contributed by atoms with E-state index in [-0.39, 0.29) is 11.4 Å². The maximum absolute atomic E-state index is 11.9. The maximum Gasteiger partial charge on any atom is 0.306 e. The van der Waals surface area contributed by atoms with Crippen molar-refractivity contribution in [1.82, 2.24) is 0 Å². The summed E-state index contributed by atoms with van der Waals surface area (Å²) < 4.78 is 5.62. The highest BCUT2D eigenvalue weighted by Gasteiger charge is 2.61. The number of cyclic esters (lactones) is 1. The van der Waals surface area contributed by atoms with Crippen LogP contribution in [0.2, 0.25) is 0 Å². The zero-order valence-electron chi connectivity index (χ0n) is 19.1. The summed E-state index contributed by atoms with van der Waals surface area (Å²) in [6.07, 6.45) is 13.2. The van der Waals surface area contributed by atoms with Crippen molar-refractivity contribution in [1.29, 1.82) is 0 Å². The lowest BCUT2D eigenvalue weighted by atomic mass is 9.46. The molecule has 1 saturated heterocycles. The largest absolute Gasteiger partial charge is 0.465 e. The molecule has 2 nitrogen and oxygen atoms in total. The lowest BCUT2D eigenvalue weighted by molar-refractivity contribution is -0.181. The van der Waals surface area contributed by atoms with Crippen molar-refractivity contribution < 1.29 is 9.53 Å². The second-order valence-electron chi connectivity index (χ2n) is 12.1. The molecule has 0 spiro atoms. The first-order valence-electron chi connectivity index (χ1n) is 12.4. The van der Waals surface area contributed by atoms with Gasteiger partial charge in [0.1, 0.15) is 0 Å². The van der Waals surface area contributed by atoms with Crippen LogP contribution in [0.3, 0.4) is 0 Å². The van der Waals surface area contributed by atoms with E-state index in [4.69, 9.17) is 4.74 Å². The van der Waals surface area contributed by atoms with Crippen LogP contribution in [0.1, 0.15) is 98.8 Å². The third kappa shape index (κ3) is 3.35. The van der Waals surface area contributed by atoms with Gasteiger partial charge in [0, 0.05) is 11.8 Å². The first-order chi connectivity index (χ1) is 13.3. The Morgan fingerprint density at radius 2 is 1.71 bits per heavy atom. The third-order valence-corrected chi connectivity index (χ3v) is 10.2. The topological polar surface area (TPSA) is 26.3 Å². The van der Waals surface area contributed by atoms with E-state index in [9.17, 15) is 4.79 Å². The Bertz CT molecular complexity index is 583. The molecule has 1 heterocycles. The van der Waals surface area contributed by atoms with Crippen LogP contribution in [0, 0.1) is 52.3 Å². The Labute approximate surface area is 173 Å². The maximum atomic E-state index is 11.9. The molecule has 0 N–H and O–H groups in total. The van der Waals surface area contributed by atoms with Crippen molar-refractivity contribution in [2.45, 2.75) is 98.8 Å². The number of esters is 1. The van der Waals surface area contributed by atoms with Gasteiger partial charge in [-0.3, -0.25) is 4.79 Å². The Morgan fingerprint density at radius 1 is 0.964 bits per heavy atom. The van der Waals surface area contributed by atoms with Crippen molar-refractivity contribution in [3.63, 3.8) is 0 Å². The molecule has 160 valence electrons. The molecule has 5 unspecified atom stereocenters. The number of hydrogen-bond acceptors (Lipinski definition) is 2. The van der Waals surface area contributed by atoms with Crippen molar-refractivity contribution in [3.8, 4) is 0 Å². The molecule has 1 aliphatic heterocycles. The number of ether oxygens (including phenoxy) is 1. The average molecular weight is 389 g/mol. The van der Waals surface area contributed by atoms with Gasteiger partial charge in [0.05, 0.1) is 6.61 Å². The van der Waals surface area contributed by atoms with Crippen LogP contribution >= 0.6 is 0 Å². The fourth-order valence-electron chi connectivity index (χ4n) is 8.62. The Hall–Kier alpha value is -0.530. The van der Waals surface area contributed by atoms with Gasteiger partial charge in [-0.15, -0.1) is 0 Å². The molecule has 0 aromatic rings. The molecule has 0 amide bonds. The Balaban J connectivity index is 1.47. The second-order valence-corrected chi connectivity index (χ2v) is 12.1. The van der Waals surface area contributed by atoms with Gasteiger partial charge in [0.15, 0.2) is 0 Å². The van der Waals surface area contributed by atoms with Crippen LogP contribution in [0.25, 0.3) is 0 Å². The number of rotatable bonds is 5. The van der Waals surface area contributed by atoms with E-state index in [1.165, 1.54) is 57.8 Å². The summed E-state index contributed by atoms with van der Waals surface area (Å²) in [6.45, 7) is 13.1. The standard InChI is InChI=1S/C26H44O2/c1-17(2)7-6-8-18(3)21-11-12-22-20-10-9-19-15-24(27)28-16-26(19,5)23(20)13-14-25(21,22)4/h17-23H,6-16H2,1-5H3/t18?,19?,20?,21-,22?,23?,25-,26+/m1/s1. The van der Waals surface area contributed by atoms with E-state index in [1.807, 2.05) is 0 Å². The minimum absolute atomic E-state index is 0.0534. The normalized spacial score (nSPS) is 46.5. The molecule has 3 saturated carbocycles. The van der Waals surface area contributed by atoms with E-state index in [0.29, 0.717) is 24.4 Å². The molecule has 8 atom stereocenters. The van der Waals surface area contributed by atoms with Crippen molar-refractivity contribution >= 4 is 5.97 Å². The molecular weight excluding hydrogens is 344 g/mol. The number of carbonyl (C=O) groups is 1. The van der Waals surface area contributed by atoms with Crippen LogP contribution in [0.4, 0.5) is 0 Å². The van der Waals surface area contributed by atoms with E-state index >= 15 is 0 Å². The summed E-state index contributed by atoms with van der Waals surface area (Å²) in [5, 5.41) is 0. The summed E-state index contributed by atoms with van der Waals surface area (Å²) in [5.74, 6) is 5.86. The quantitative estimate of drug-likeness (QED) is 0.480. The van der Waals surface area contributed by atoms with E-state index in [2.05, 4.69) is 34.6 Å². The van der Waals surface area contributed by atoms with Crippen molar-refractivity contribution in [2.75, 3.05) is 6.61 Å². The highest BCUT2D eigenvalue weighted by atomic mass is 16.5. The van der Waals surface area contributed by atoms with Crippen molar-refractivity contribution in [3.05, 3.63) is 0 Å². The number of fused-ring (bicyclic) bond motifs is 5. The van der Waals surface area contributed by atoms with Crippen LogP contribution < -0.4 is 0 Å². The van der Waals surface area contributed by atoms with Gasteiger partial charge in [-0.2, -0.15) is 0 Å². The van der Waals surface area contributed by atoms with Gasteiger partial charge in [-0.1, -0.05) is 53.9 Å². The van der Waals surface area contributed by atoms with Gasteiger partial charge >= 0.3 is 5.97 Å². The monoisotopic (exact) mass is 388 g/mol. The summed E-state index contributed by atoms with van der Waals surface area (Å²) in [6, 6.07) is 0. The summed E-state index contributed by atoms with van der Waals surface area (Å²) in [7, 11) is 0. The molecule has 0 radical (unpaired) electrons. The van der Waals surface area contributed by atoms with E-state index in [0.717, 1.165) is 35.5 Å². The summed E-state index contributed by atoms with van der Waals surface area (Å²) >= 11 is 0. The Morgan fingerprint density at radius 3 is 2.46 bits per heavy atom. The molecule has 0 aromatic heterocycles. The molecule has 3 aliphatic carbocycles. The van der Waals surface area contributed by atoms with Gasteiger partial charge in [0.25, 0.3) is 0 Å². The molecule has 0 bridgehead atoms. The van der Waals surface area contributed by atoms with Crippen LogP contribution in [0.15, 0.2) is 0 Å². The fraction of sp³-hybridized carbons (Fsp3) is 0.962. The van der Waals surface area contributed by atoms with Gasteiger partial charge in [-0.05, 0) is 85.4 Å². The molecule has 0 aromatic carbocycles. The van der Waals surface area contributed by atoms with Gasteiger partial charge in [-0.25, -0.2) is 0 Å². The highest BCUT2D eigenvalue weighted by Crippen LogP contribution is 2.67.